The smallest absolute Gasteiger partial charge is 0.414 e. The zero-order valence-electron chi connectivity index (χ0n) is 13.0. The number of methoxy groups -OCH3 is 1. The van der Waals surface area contributed by atoms with E-state index < -0.39 is 0 Å². The molecule has 5 heteroatoms. The summed E-state index contributed by atoms with van der Waals surface area (Å²) in [7, 11) is 1.59. The number of cyclic esters (lactones) is 1. The van der Waals surface area contributed by atoms with Gasteiger partial charge in [-0.1, -0.05) is 30.3 Å². The van der Waals surface area contributed by atoms with Crippen LogP contribution in [0.25, 0.3) is 0 Å². The molecule has 0 spiro atoms. The number of hydrogen-bond acceptors (Lipinski definition) is 4. The summed E-state index contributed by atoms with van der Waals surface area (Å²) in [5, 5.41) is 0. The van der Waals surface area contributed by atoms with Gasteiger partial charge in [0.25, 0.3) is 0 Å². The van der Waals surface area contributed by atoms with Gasteiger partial charge in [-0.25, -0.2) is 4.79 Å². The molecule has 5 nitrogen and oxygen atoms in total. The van der Waals surface area contributed by atoms with Crippen molar-refractivity contribution in [2.75, 3.05) is 25.2 Å². The van der Waals surface area contributed by atoms with Crippen LogP contribution in [0.3, 0.4) is 0 Å². The molecule has 2 aromatic carbocycles. The van der Waals surface area contributed by atoms with E-state index in [1.165, 1.54) is 0 Å². The number of rotatable bonds is 6. The average molecular weight is 313 g/mol. The molecule has 1 unspecified atom stereocenters. The second-order valence-electron chi connectivity index (χ2n) is 5.34. The molecule has 120 valence electrons. The standard InChI is InChI=1S/C18H19NO4/c1-21-13-17-11-19(18(20)23-17)15-7-9-16(10-8-15)22-12-14-5-3-2-4-6-14/h2-10,17H,11-13H2,1H3. The Balaban J connectivity index is 1.60. The summed E-state index contributed by atoms with van der Waals surface area (Å²) in [5.74, 6) is 0.763. The van der Waals surface area contributed by atoms with Crippen LogP contribution >= 0.6 is 0 Å². The first-order valence-electron chi connectivity index (χ1n) is 7.50. The van der Waals surface area contributed by atoms with Crippen LogP contribution in [0.15, 0.2) is 54.6 Å². The summed E-state index contributed by atoms with van der Waals surface area (Å²) in [5.41, 5.74) is 1.91. The lowest BCUT2D eigenvalue weighted by Gasteiger charge is -2.14. The van der Waals surface area contributed by atoms with E-state index in [2.05, 4.69) is 0 Å². The zero-order chi connectivity index (χ0) is 16.1. The van der Waals surface area contributed by atoms with Gasteiger partial charge in [0.1, 0.15) is 18.5 Å². The Morgan fingerprint density at radius 2 is 1.87 bits per heavy atom. The van der Waals surface area contributed by atoms with Crippen molar-refractivity contribution >= 4 is 11.8 Å². The highest BCUT2D eigenvalue weighted by atomic mass is 16.6. The van der Waals surface area contributed by atoms with Gasteiger partial charge in [0, 0.05) is 12.8 Å². The molecule has 0 aromatic heterocycles. The normalized spacial score (nSPS) is 17.2. The van der Waals surface area contributed by atoms with Crippen LogP contribution in [-0.4, -0.2) is 32.5 Å². The van der Waals surface area contributed by atoms with Crippen molar-refractivity contribution in [2.24, 2.45) is 0 Å². The first kappa shape index (κ1) is 15.4. The van der Waals surface area contributed by atoms with E-state index in [-0.39, 0.29) is 12.2 Å². The van der Waals surface area contributed by atoms with Gasteiger partial charge < -0.3 is 14.2 Å². The van der Waals surface area contributed by atoms with Gasteiger partial charge in [-0.05, 0) is 29.8 Å². The molecule has 3 rings (SSSR count). The Labute approximate surface area is 135 Å². The Hall–Kier alpha value is -2.53. The SMILES string of the molecule is COCC1CN(c2ccc(OCc3ccccc3)cc2)C(=O)O1. The molecule has 0 bridgehead atoms. The van der Waals surface area contributed by atoms with Gasteiger partial charge in [-0.15, -0.1) is 0 Å². The monoisotopic (exact) mass is 313 g/mol. The Bertz CT molecular complexity index is 642. The maximum atomic E-state index is 11.9. The fourth-order valence-electron chi connectivity index (χ4n) is 2.47. The molecule has 0 N–H and O–H groups in total. The number of amides is 1. The van der Waals surface area contributed by atoms with Crippen molar-refractivity contribution in [2.45, 2.75) is 12.7 Å². The average Bonchev–Trinajstić information content (AvgIpc) is 2.95. The van der Waals surface area contributed by atoms with Crippen molar-refractivity contribution in [3.63, 3.8) is 0 Å². The maximum Gasteiger partial charge on any atom is 0.414 e. The molecule has 1 heterocycles. The fourth-order valence-corrected chi connectivity index (χ4v) is 2.47. The van der Waals surface area contributed by atoms with Crippen molar-refractivity contribution in [1.29, 1.82) is 0 Å². The highest BCUT2D eigenvalue weighted by Gasteiger charge is 2.32. The number of nitrogens with zero attached hydrogens (tertiary/aromatic N) is 1. The summed E-state index contributed by atoms with van der Waals surface area (Å²) in [4.78, 5) is 13.5. The number of benzene rings is 2. The minimum atomic E-state index is -0.343. The predicted octanol–water partition coefficient (Wildman–Crippen LogP) is 3.24. The second kappa shape index (κ2) is 7.15. The Kier molecular flexibility index (Phi) is 4.78. The van der Waals surface area contributed by atoms with Crippen LogP contribution < -0.4 is 9.64 Å². The Morgan fingerprint density at radius 1 is 1.13 bits per heavy atom. The summed E-state index contributed by atoms with van der Waals surface area (Å²) < 4.78 is 16.0. The maximum absolute atomic E-state index is 11.9. The zero-order valence-corrected chi connectivity index (χ0v) is 13.0. The molecule has 1 saturated heterocycles. The van der Waals surface area contributed by atoms with Crippen molar-refractivity contribution in [3.05, 3.63) is 60.2 Å². The molecule has 1 amide bonds. The van der Waals surface area contributed by atoms with E-state index in [0.29, 0.717) is 19.8 Å². The van der Waals surface area contributed by atoms with Crippen LogP contribution in [0, 0.1) is 0 Å². The topological polar surface area (TPSA) is 48.0 Å². The largest absolute Gasteiger partial charge is 0.489 e. The fraction of sp³-hybridized carbons (Fsp3) is 0.278. The third kappa shape index (κ3) is 3.81. The van der Waals surface area contributed by atoms with Crippen molar-refractivity contribution in [1.82, 2.24) is 0 Å². The molecular formula is C18H19NO4. The number of hydrogen-bond donors (Lipinski definition) is 0. The van der Waals surface area contributed by atoms with Crippen LogP contribution in [0.5, 0.6) is 5.75 Å². The highest BCUT2D eigenvalue weighted by molar-refractivity contribution is 5.89. The van der Waals surface area contributed by atoms with E-state index >= 15 is 0 Å². The van der Waals surface area contributed by atoms with Gasteiger partial charge in [0.2, 0.25) is 0 Å². The van der Waals surface area contributed by atoms with E-state index in [1.54, 1.807) is 12.0 Å². The van der Waals surface area contributed by atoms with Crippen LogP contribution in [0.1, 0.15) is 5.56 Å². The van der Waals surface area contributed by atoms with Crippen LogP contribution in [0.2, 0.25) is 0 Å². The Morgan fingerprint density at radius 3 is 2.57 bits per heavy atom. The third-order valence-corrected chi connectivity index (χ3v) is 3.62. The quantitative estimate of drug-likeness (QED) is 0.821. The van der Waals surface area contributed by atoms with Gasteiger partial charge >= 0.3 is 6.09 Å². The summed E-state index contributed by atoms with van der Waals surface area (Å²) in [6.45, 7) is 1.42. The summed E-state index contributed by atoms with van der Waals surface area (Å²) in [6.07, 6.45) is -0.563. The number of carbonyl (C=O) groups excluding carboxylic acids is 1. The van der Waals surface area contributed by atoms with Crippen LogP contribution in [-0.2, 0) is 16.1 Å². The first-order valence-corrected chi connectivity index (χ1v) is 7.50. The van der Waals surface area contributed by atoms with Crippen LogP contribution in [0.4, 0.5) is 10.5 Å². The lowest BCUT2D eigenvalue weighted by molar-refractivity contribution is 0.0718. The highest BCUT2D eigenvalue weighted by Crippen LogP contribution is 2.24. The molecule has 0 aliphatic carbocycles. The van der Waals surface area contributed by atoms with E-state index in [4.69, 9.17) is 14.2 Å². The minimum absolute atomic E-state index is 0.221. The number of ether oxygens (including phenoxy) is 3. The molecule has 1 aliphatic heterocycles. The van der Waals surface area contributed by atoms with Gasteiger partial charge in [0.05, 0.1) is 13.2 Å². The second-order valence-corrected chi connectivity index (χ2v) is 5.34. The summed E-state index contributed by atoms with van der Waals surface area (Å²) >= 11 is 0. The predicted molar refractivity (Wildman–Crippen MR) is 86.7 cm³/mol. The first-order chi connectivity index (χ1) is 11.3. The van der Waals surface area contributed by atoms with Gasteiger partial charge in [-0.3, -0.25) is 4.90 Å². The number of anilines is 1. The van der Waals surface area contributed by atoms with Gasteiger partial charge in [0.15, 0.2) is 0 Å². The van der Waals surface area contributed by atoms with E-state index in [1.807, 2.05) is 54.6 Å². The molecule has 1 aliphatic rings. The van der Waals surface area contributed by atoms with Crippen molar-refractivity contribution in [3.8, 4) is 5.75 Å². The van der Waals surface area contributed by atoms with E-state index in [9.17, 15) is 4.79 Å². The lowest BCUT2D eigenvalue weighted by Crippen LogP contribution is -2.25. The third-order valence-electron chi connectivity index (χ3n) is 3.62. The lowest BCUT2D eigenvalue weighted by atomic mass is 10.2. The molecule has 1 fully saturated rings. The number of carbonyl (C=O) groups is 1. The molecule has 0 radical (unpaired) electrons. The molecule has 2 aromatic rings. The van der Waals surface area contributed by atoms with Crippen molar-refractivity contribution < 1.29 is 19.0 Å². The molecule has 23 heavy (non-hydrogen) atoms. The molecule has 1 atom stereocenters. The molecular weight excluding hydrogens is 294 g/mol. The van der Waals surface area contributed by atoms with E-state index in [0.717, 1.165) is 17.0 Å². The molecule has 0 saturated carbocycles. The van der Waals surface area contributed by atoms with Gasteiger partial charge in [-0.2, -0.15) is 0 Å². The minimum Gasteiger partial charge on any atom is -0.489 e. The summed E-state index contributed by atoms with van der Waals surface area (Å²) in [6, 6.07) is 17.4.